The lowest BCUT2D eigenvalue weighted by molar-refractivity contribution is -0.137. The van der Waals surface area contributed by atoms with Crippen LogP contribution in [0, 0.1) is 0 Å². The summed E-state index contributed by atoms with van der Waals surface area (Å²) >= 11 is 1.23. The van der Waals surface area contributed by atoms with Crippen LogP contribution in [-0.4, -0.2) is 21.2 Å². The van der Waals surface area contributed by atoms with E-state index >= 15 is 0 Å². The molecule has 1 aliphatic carbocycles. The van der Waals surface area contributed by atoms with Crippen LogP contribution in [-0.2, 0) is 23.8 Å². The van der Waals surface area contributed by atoms with Gasteiger partial charge in [-0.15, -0.1) is 0 Å². The number of amides is 1. The first kappa shape index (κ1) is 20.5. The fraction of sp³-hybridized carbons (Fsp3) is 0.273. The zero-order valence-corrected chi connectivity index (χ0v) is 16.9. The average Bonchev–Trinajstić information content (AvgIpc) is 3.11. The van der Waals surface area contributed by atoms with E-state index in [1.54, 1.807) is 0 Å². The molecule has 2 aromatic carbocycles. The zero-order valence-electron chi connectivity index (χ0n) is 16.1. The minimum atomic E-state index is -4.53. The van der Waals surface area contributed by atoms with Crippen molar-refractivity contribution in [1.82, 2.24) is 9.55 Å². The highest BCUT2D eigenvalue weighted by Crippen LogP contribution is 2.35. The maximum absolute atomic E-state index is 13.2. The van der Waals surface area contributed by atoms with Crippen LogP contribution in [0.2, 0.25) is 0 Å². The third-order valence-electron chi connectivity index (χ3n) is 4.96. The molecule has 0 bridgehead atoms. The molecule has 0 radical (unpaired) electrons. The van der Waals surface area contributed by atoms with Gasteiger partial charge in [-0.05, 0) is 49.9 Å². The molecule has 8 heteroatoms. The monoisotopic (exact) mass is 431 g/mol. The number of rotatable bonds is 5. The molecule has 1 N–H and O–H groups in total. The molecule has 0 saturated carbocycles. The number of fused-ring (bicyclic) bond motifs is 1. The summed E-state index contributed by atoms with van der Waals surface area (Å²) < 4.78 is 41.5. The van der Waals surface area contributed by atoms with Gasteiger partial charge in [0.1, 0.15) is 0 Å². The first-order valence-electron chi connectivity index (χ1n) is 9.68. The number of carbonyl (C=O) groups is 1. The normalized spacial score (nSPS) is 13.7. The molecule has 1 aromatic heterocycles. The van der Waals surface area contributed by atoms with Gasteiger partial charge in [0.2, 0.25) is 5.91 Å². The summed E-state index contributed by atoms with van der Waals surface area (Å²) in [5, 5.41) is 3.08. The van der Waals surface area contributed by atoms with Crippen molar-refractivity contribution in [1.29, 1.82) is 0 Å². The molecule has 0 saturated heterocycles. The van der Waals surface area contributed by atoms with Gasteiger partial charge in [0, 0.05) is 11.4 Å². The van der Waals surface area contributed by atoms with E-state index in [2.05, 4.69) is 9.88 Å². The van der Waals surface area contributed by atoms with Crippen molar-refractivity contribution in [2.75, 3.05) is 11.1 Å². The molecule has 30 heavy (non-hydrogen) atoms. The first-order chi connectivity index (χ1) is 14.4. The lowest BCUT2D eigenvalue weighted by atomic mass is 10.0. The van der Waals surface area contributed by atoms with Crippen LogP contribution in [0.1, 0.15) is 29.8 Å². The van der Waals surface area contributed by atoms with E-state index in [1.807, 2.05) is 30.3 Å². The number of hydrogen-bond donors (Lipinski definition) is 1. The van der Waals surface area contributed by atoms with E-state index in [0.717, 1.165) is 48.8 Å². The highest BCUT2D eigenvalue weighted by Gasteiger charge is 2.33. The van der Waals surface area contributed by atoms with Gasteiger partial charge in [-0.1, -0.05) is 42.1 Å². The van der Waals surface area contributed by atoms with Gasteiger partial charge in [0.25, 0.3) is 0 Å². The van der Waals surface area contributed by atoms with Gasteiger partial charge in [0.05, 0.1) is 22.7 Å². The quantitative estimate of drug-likeness (QED) is 0.543. The Kier molecular flexibility index (Phi) is 5.85. The van der Waals surface area contributed by atoms with Gasteiger partial charge in [-0.2, -0.15) is 13.2 Å². The molecule has 0 atom stereocenters. The molecular weight excluding hydrogens is 411 g/mol. The second-order valence-corrected chi connectivity index (χ2v) is 7.99. The van der Waals surface area contributed by atoms with E-state index in [1.165, 1.54) is 30.0 Å². The minimum absolute atomic E-state index is 0.0328. The molecule has 4 nitrogen and oxygen atoms in total. The van der Waals surface area contributed by atoms with Gasteiger partial charge in [-0.25, -0.2) is 4.98 Å². The molecule has 1 amide bonds. The number of nitrogens with zero attached hydrogens (tertiary/aromatic N) is 2. The number of benzene rings is 2. The lowest BCUT2D eigenvalue weighted by Crippen LogP contribution is -2.18. The third-order valence-corrected chi connectivity index (χ3v) is 5.89. The standard InChI is InChI=1S/C22H20F3N3OS/c23-22(24,25)16-10-4-5-11-17(16)26-20(29)14-30-21-27-18-12-6-7-13-19(18)28(21)15-8-2-1-3-9-15/h1-5,8-11H,6-7,12-14H2,(H,26,29). The second kappa shape index (κ2) is 8.55. The summed E-state index contributed by atoms with van der Waals surface area (Å²) in [6, 6.07) is 14.8. The van der Waals surface area contributed by atoms with Crippen LogP contribution in [0.4, 0.5) is 18.9 Å². The molecule has 4 rings (SSSR count). The van der Waals surface area contributed by atoms with Crippen LogP contribution in [0.25, 0.3) is 5.69 Å². The molecular formula is C22H20F3N3OS. The lowest BCUT2D eigenvalue weighted by Gasteiger charge is -2.15. The number of imidazole rings is 1. The van der Waals surface area contributed by atoms with Gasteiger partial charge < -0.3 is 5.32 Å². The maximum atomic E-state index is 13.2. The van der Waals surface area contributed by atoms with Crippen LogP contribution in [0.3, 0.4) is 0 Å². The number of carbonyl (C=O) groups excluding carboxylic acids is 1. The van der Waals surface area contributed by atoms with Gasteiger partial charge >= 0.3 is 6.18 Å². The van der Waals surface area contributed by atoms with E-state index in [-0.39, 0.29) is 11.4 Å². The highest BCUT2D eigenvalue weighted by molar-refractivity contribution is 7.99. The zero-order chi connectivity index (χ0) is 21.1. The summed E-state index contributed by atoms with van der Waals surface area (Å²) in [7, 11) is 0. The number of nitrogens with one attached hydrogen (secondary N) is 1. The molecule has 0 spiro atoms. The summed E-state index contributed by atoms with van der Waals surface area (Å²) in [5.74, 6) is -0.535. The number of halogens is 3. The van der Waals surface area contributed by atoms with Gasteiger partial charge in [-0.3, -0.25) is 9.36 Å². The van der Waals surface area contributed by atoms with Gasteiger partial charge in [0.15, 0.2) is 5.16 Å². The number of aromatic nitrogens is 2. The number of hydrogen-bond acceptors (Lipinski definition) is 3. The predicted octanol–water partition coefficient (Wildman–Crippen LogP) is 5.50. The number of alkyl halides is 3. The molecule has 0 aliphatic heterocycles. The Morgan fingerprint density at radius 2 is 1.73 bits per heavy atom. The Balaban J connectivity index is 1.54. The van der Waals surface area contributed by atoms with Crippen LogP contribution >= 0.6 is 11.8 Å². The van der Waals surface area contributed by atoms with Crippen molar-refractivity contribution in [3.63, 3.8) is 0 Å². The predicted molar refractivity (Wildman–Crippen MR) is 111 cm³/mol. The van der Waals surface area contributed by atoms with E-state index in [0.29, 0.717) is 5.16 Å². The Morgan fingerprint density at radius 1 is 1.03 bits per heavy atom. The Morgan fingerprint density at radius 3 is 2.50 bits per heavy atom. The number of aryl methyl sites for hydroxylation is 1. The van der Waals surface area contributed by atoms with Crippen molar-refractivity contribution < 1.29 is 18.0 Å². The third kappa shape index (κ3) is 4.38. The fourth-order valence-corrected chi connectivity index (χ4v) is 4.46. The SMILES string of the molecule is O=C(CSc1nc2c(n1-c1ccccc1)CCCC2)Nc1ccccc1C(F)(F)F. The van der Waals surface area contributed by atoms with Crippen LogP contribution in [0.5, 0.6) is 0 Å². The fourth-order valence-electron chi connectivity index (χ4n) is 3.61. The topological polar surface area (TPSA) is 46.9 Å². The molecule has 1 heterocycles. The van der Waals surface area contributed by atoms with E-state index < -0.39 is 17.6 Å². The maximum Gasteiger partial charge on any atom is 0.418 e. The van der Waals surface area contributed by atoms with Crippen molar-refractivity contribution >= 4 is 23.4 Å². The second-order valence-electron chi connectivity index (χ2n) is 7.05. The Labute approximate surface area is 176 Å². The summed E-state index contributed by atoms with van der Waals surface area (Å²) in [4.78, 5) is 17.1. The summed E-state index contributed by atoms with van der Waals surface area (Å²) in [6.45, 7) is 0. The number of para-hydroxylation sites is 2. The Hall–Kier alpha value is -2.74. The highest BCUT2D eigenvalue weighted by atomic mass is 32.2. The molecule has 156 valence electrons. The van der Waals surface area contributed by atoms with Crippen molar-refractivity contribution in [3.8, 4) is 5.69 Å². The van der Waals surface area contributed by atoms with Crippen LogP contribution < -0.4 is 5.32 Å². The Bertz CT molecular complexity index is 1050. The van der Waals surface area contributed by atoms with Crippen LogP contribution in [0.15, 0.2) is 59.8 Å². The first-order valence-corrected chi connectivity index (χ1v) is 10.7. The van der Waals surface area contributed by atoms with E-state index in [9.17, 15) is 18.0 Å². The molecule has 1 aliphatic rings. The number of thioether (sulfide) groups is 1. The van der Waals surface area contributed by atoms with E-state index in [4.69, 9.17) is 4.98 Å². The molecule has 0 unspecified atom stereocenters. The van der Waals surface area contributed by atoms with Crippen molar-refractivity contribution in [2.24, 2.45) is 0 Å². The summed E-state index contributed by atoms with van der Waals surface area (Å²) in [5.41, 5.74) is 2.07. The number of anilines is 1. The molecule has 0 fully saturated rings. The average molecular weight is 431 g/mol. The largest absolute Gasteiger partial charge is 0.418 e. The smallest absolute Gasteiger partial charge is 0.325 e. The van der Waals surface area contributed by atoms with Crippen molar-refractivity contribution in [3.05, 3.63) is 71.5 Å². The summed E-state index contributed by atoms with van der Waals surface area (Å²) in [6.07, 6.45) is -0.543. The van der Waals surface area contributed by atoms with Crippen molar-refractivity contribution in [2.45, 2.75) is 37.0 Å². The molecule has 3 aromatic rings. The minimum Gasteiger partial charge on any atom is -0.325 e.